The largest absolute Gasteiger partial charge is 0.507 e. The van der Waals surface area contributed by atoms with Gasteiger partial charge in [0.15, 0.2) is 5.78 Å². The van der Waals surface area contributed by atoms with Gasteiger partial charge in [-0.15, -0.1) is 6.42 Å². The van der Waals surface area contributed by atoms with Crippen LogP contribution < -0.4 is 14.8 Å². The Morgan fingerprint density at radius 2 is 0.955 bits per heavy atom. The maximum atomic E-state index is 13.5. The number of phenols is 1. The summed E-state index contributed by atoms with van der Waals surface area (Å²) in [5.41, 5.74) is 18.8. The molecular weight excluding hydrogens is 1190 g/mol. The Morgan fingerprint density at radius 1 is 0.562 bits per heavy atom. The molecule has 0 atom stereocenters. The van der Waals surface area contributed by atoms with Crippen LogP contribution in [0, 0.1) is 30.1 Å². The standard InChI is InChI=1S/C26H35N3O4S.C20H27N5O3S.C17H25N5O3S/c1-20-10-14-28(15-11-20)23-12-16-29(17-13-23)34(31,32)26-18-22(8-9-25(26)33-2)27-19-24(30)21-6-4-3-5-7-21;1-3-14-28-19-5-4-17(22-23-21)15-20(19)29(26,27)25-12-8-18(9-13-25)24-10-6-16(2)7-11-24;1-13-4-8-21(9-5-13)15-6-10-22(11-7-15)26(24,25)17-12-14(19-20-18)2-3-16(17)23/h3-9,18,20,23,27H,10-17,19H2,1-2H3;1,4-5,15-16,18H,6-14H2,2H3;2-3,12-13,15,23H,4-11H2,1H3. The van der Waals surface area contributed by atoms with Crippen LogP contribution in [-0.4, -0.2) is 181 Å². The normalized spacial score (nSPS) is 20.1. The Bertz CT molecular complexity index is 3500. The summed E-state index contributed by atoms with van der Waals surface area (Å²) in [5.74, 6) is 4.78. The van der Waals surface area contributed by atoms with Crippen molar-refractivity contribution >= 4 is 52.9 Å². The van der Waals surface area contributed by atoms with E-state index in [0.717, 1.165) is 95.5 Å². The lowest BCUT2D eigenvalue weighted by molar-refractivity contribution is 0.100. The molecule has 6 aliphatic rings. The van der Waals surface area contributed by atoms with Crippen molar-refractivity contribution in [2.75, 3.05) is 104 Å². The summed E-state index contributed by atoms with van der Waals surface area (Å²) in [5, 5.41) is 20.0. The van der Waals surface area contributed by atoms with Gasteiger partial charge in [0.05, 0.1) is 13.7 Å². The van der Waals surface area contributed by atoms with E-state index in [1.807, 2.05) is 18.2 Å². The molecule has 6 fully saturated rings. The fourth-order valence-corrected chi connectivity index (χ4v) is 17.6. The van der Waals surface area contributed by atoms with Gasteiger partial charge in [-0.2, -0.15) is 12.9 Å². The van der Waals surface area contributed by atoms with E-state index < -0.39 is 30.1 Å². The first-order chi connectivity index (χ1) is 42.7. The monoisotopic (exact) mass is 1280 g/mol. The number of ketones is 1. The first kappa shape index (κ1) is 68.4. The quantitative estimate of drug-likeness (QED) is 0.0308. The molecule has 0 bridgehead atoms. The molecule has 0 radical (unpaired) electrons. The average Bonchev–Trinajstić information content (AvgIpc) is 1.14. The fraction of sp³-hybridized carbons (Fsp3) is 0.571. The van der Waals surface area contributed by atoms with Crippen LogP contribution in [0.4, 0.5) is 17.1 Å². The number of methoxy groups -OCH3 is 1. The Labute approximate surface area is 526 Å². The van der Waals surface area contributed by atoms with Crippen LogP contribution in [0.25, 0.3) is 20.9 Å². The molecular formula is C63H87N13O10S3. The van der Waals surface area contributed by atoms with Gasteiger partial charge in [0, 0.05) is 89.8 Å². The molecule has 0 unspecified atom stereocenters. The Hall–Kier alpha value is -6.46. The second-order valence-corrected chi connectivity index (χ2v) is 29.9. The highest BCUT2D eigenvalue weighted by atomic mass is 32.2. The van der Waals surface area contributed by atoms with E-state index in [4.69, 9.17) is 27.0 Å². The SMILES string of the molecule is C#CCOc1ccc(N=[N+]=[N-])cc1S(=O)(=O)N1CCC(N2CCC(C)CC2)CC1.CC1CCN(C2CCN(S(=O)(=O)c3cc(N=[N+]=[N-])ccc3O)CC2)CC1.COc1ccc(NCC(=O)c2ccccc2)cc1S(=O)(=O)N1CCC(N2CCC(C)CC2)CC1. The highest BCUT2D eigenvalue weighted by molar-refractivity contribution is 7.89. The van der Waals surface area contributed by atoms with Crippen LogP contribution in [0.15, 0.2) is 110 Å². The first-order valence-electron chi connectivity index (χ1n) is 31.1. The number of ether oxygens (including phenoxy) is 2. The van der Waals surface area contributed by atoms with E-state index in [1.165, 1.54) is 90.6 Å². The lowest BCUT2D eigenvalue weighted by Gasteiger charge is -2.41. The Kier molecular flexibility index (Phi) is 24.6. The van der Waals surface area contributed by atoms with Crippen LogP contribution in [0.1, 0.15) is 108 Å². The molecule has 0 aliphatic carbocycles. The highest BCUT2D eigenvalue weighted by Gasteiger charge is 2.38. The summed E-state index contributed by atoms with van der Waals surface area (Å²) < 4.78 is 94.8. The summed E-state index contributed by atoms with van der Waals surface area (Å²) in [6.07, 6.45) is 17.4. The molecule has 6 heterocycles. The molecule has 0 saturated carbocycles. The Balaban J connectivity index is 0.000000174. The highest BCUT2D eigenvalue weighted by Crippen LogP contribution is 2.37. The number of azide groups is 2. The number of hydrogen-bond donors (Lipinski definition) is 2. The molecule has 23 nitrogen and oxygen atoms in total. The summed E-state index contributed by atoms with van der Waals surface area (Å²) in [6, 6.07) is 23.5. The number of benzene rings is 4. The number of anilines is 1. The van der Waals surface area contributed by atoms with Crippen LogP contribution in [0.3, 0.4) is 0 Å². The number of sulfonamides is 3. The number of terminal acetylenes is 1. The second kappa shape index (κ2) is 32.0. The molecule has 0 aromatic heterocycles. The molecule has 482 valence electrons. The minimum Gasteiger partial charge on any atom is -0.507 e. The van der Waals surface area contributed by atoms with Crippen molar-refractivity contribution in [2.45, 2.75) is 131 Å². The first-order valence-corrected chi connectivity index (χ1v) is 35.4. The molecule has 2 N–H and O–H groups in total. The number of Topliss-reactive ketones (excluding diaryl/α,β-unsaturated/α-hetero) is 1. The summed E-state index contributed by atoms with van der Waals surface area (Å²) >= 11 is 0. The zero-order valence-electron chi connectivity index (χ0n) is 51.7. The lowest BCUT2D eigenvalue weighted by Crippen LogP contribution is -2.48. The number of piperidine rings is 6. The number of aromatic hydroxyl groups is 1. The maximum Gasteiger partial charge on any atom is 0.246 e. The van der Waals surface area contributed by atoms with Gasteiger partial charge in [-0.25, -0.2) is 25.3 Å². The molecule has 4 aromatic carbocycles. The minimum absolute atomic E-state index is 0.0112. The van der Waals surface area contributed by atoms with Gasteiger partial charge in [0.1, 0.15) is 38.5 Å². The molecule has 6 saturated heterocycles. The third kappa shape index (κ3) is 17.9. The predicted molar refractivity (Wildman–Crippen MR) is 344 cm³/mol. The van der Waals surface area contributed by atoms with Crippen LogP contribution in [-0.2, 0) is 30.1 Å². The van der Waals surface area contributed by atoms with Gasteiger partial charge in [-0.3, -0.25) is 4.79 Å². The molecule has 26 heteroatoms. The van der Waals surface area contributed by atoms with Crippen molar-refractivity contribution in [3.8, 4) is 29.6 Å². The van der Waals surface area contributed by atoms with E-state index in [0.29, 0.717) is 74.4 Å². The third-order valence-corrected chi connectivity index (χ3v) is 24.1. The van der Waals surface area contributed by atoms with E-state index in [2.05, 4.69) is 66.8 Å². The second-order valence-electron chi connectivity index (χ2n) is 24.2. The van der Waals surface area contributed by atoms with Crippen molar-refractivity contribution < 1.29 is 44.6 Å². The molecule has 0 amide bonds. The Morgan fingerprint density at radius 3 is 1.37 bits per heavy atom. The van der Waals surface area contributed by atoms with Crippen LogP contribution >= 0.6 is 0 Å². The minimum atomic E-state index is -3.81. The van der Waals surface area contributed by atoms with Crippen molar-refractivity contribution in [1.29, 1.82) is 0 Å². The lowest BCUT2D eigenvalue weighted by atomic mass is 9.95. The van der Waals surface area contributed by atoms with Gasteiger partial charge in [-0.1, -0.05) is 67.3 Å². The number of hydrogen-bond acceptors (Lipinski definition) is 16. The maximum absolute atomic E-state index is 13.5. The van der Waals surface area contributed by atoms with Gasteiger partial charge < -0.3 is 34.6 Å². The van der Waals surface area contributed by atoms with Crippen molar-refractivity contribution in [3.63, 3.8) is 0 Å². The number of phenolic OH excluding ortho intramolecular Hbond substituents is 1. The molecule has 6 aliphatic heterocycles. The third-order valence-electron chi connectivity index (χ3n) is 18.3. The van der Waals surface area contributed by atoms with Crippen molar-refractivity contribution in [3.05, 3.63) is 111 Å². The van der Waals surface area contributed by atoms with Crippen LogP contribution in [0.2, 0.25) is 0 Å². The number of carbonyl (C=O) groups is 1. The smallest absolute Gasteiger partial charge is 0.246 e. The number of nitrogens with zero attached hydrogens (tertiary/aromatic N) is 12. The number of likely N-dealkylation sites (tertiary alicyclic amines) is 3. The van der Waals surface area contributed by atoms with Crippen LogP contribution in [0.5, 0.6) is 17.2 Å². The van der Waals surface area contributed by atoms with E-state index in [1.54, 1.807) is 34.6 Å². The van der Waals surface area contributed by atoms with Gasteiger partial charge in [-0.05, 0) is 200 Å². The summed E-state index contributed by atoms with van der Waals surface area (Å²) in [6.45, 7) is 16.3. The van der Waals surface area contributed by atoms with E-state index in [9.17, 15) is 35.2 Å². The van der Waals surface area contributed by atoms with E-state index >= 15 is 0 Å². The zero-order valence-corrected chi connectivity index (χ0v) is 54.2. The summed E-state index contributed by atoms with van der Waals surface area (Å²) in [4.78, 5) is 25.3. The number of nitrogens with one attached hydrogen (secondary N) is 1. The molecule has 4 aromatic rings. The van der Waals surface area contributed by atoms with Gasteiger partial charge in [0.25, 0.3) is 0 Å². The number of rotatable bonds is 18. The van der Waals surface area contributed by atoms with Crippen molar-refractivity contribution in [2.24, 2.45) is 28.0 Å². The predicted octanol–water partition coefficient (Wildman–Crippen LogP) is 10.6. The molecule has 0 spiro atoms. The molecule has 89 heavy (non-hydrogen) atoms. The van der Waals surface area contributed by atoms with Gasteiger partial charge >= 0.3 is 0 Å². The van der Waals surface area contributed by atoms with Gasteiger partial charge in [0.2, 0.25) is 30.1 Å². The fourth-order valence-electron chi connectivity index (χ4n) is 12.7. The van der Waals surface area contributed by atoms with Crippen molar-refractivity contribution in [1.82, 2.24) is 27.6 Å². The molecule has 10 rings (SSSR count). The summed E-state index contributed by atoms with van der Waals surface area (Å²) in [7, 11) is -9.84. The average molecular weight is 1280 g/mol. The van der Waals surface area contributed by atoms with E-state index in [-0.39, 0.29) is 56.5 Å². The zero-order chi connectivity index (χ0) is 63.7. The number of carbonyl (C=O) groups excluding carboxylic acids is 1. The topological polar surface area (TPSA) is 287 Å².